The lowest BCUT2D eigenvalue weighted by Crippen LogP contribution is -2.25. The molecular weight excluding hydrogens is 451 g/mol. The highest BCUT2D eigenvalue weighted by Crippen LogP contribution is 2.28. The summed E-state index contributed by atoms with van der Waals surface area (Å²) < 4.78 is 22.0. The highest BCUT2D eigenvalue weighted by Gasteiger charge is 2.19. The molecule has 0 saturated carbocycles. The molecule has 0 aliphatic rings. The van der Waals surface area contributed by atoms with E-state index in [1.54, 1.807) is 17.7 Å². The Morgan fingerprint density at radius 2 is 1.80 bits per heavy atom. The SMILES string of the molecule is CCCNC(=O)c1ncccc1Oc1ccc(NC(=O)c2nnn(-c3ccccc3)c2C)cc1F. The molecule has 2 amide bonds. The molecule has 0 aliphatic carbocycles. The molecule has 4 rings (SSSR count). The maximum absolute atomic E-state index is 14.8. The van der Waals surface area contributed by atoms with Gasteiger partial charge < -0.3 is 15.4 Å². The van der Waals surface area contributed by atoms with Crippen LogP contribution in [0, 0.1) is 12.7 Å². The third kappa shape index (κ3) is 5.32. The van der Waals surface area contributed by atoms with Crippen molar-refractivity contribution in [2.45, 2.75) is 20.3 Å². The van der Waals surface area contributed by atoms with E-state index < -0.39 is 17.6 Å². The van der Waals surface area contributed by atoms with Gasteiger partial charge in [0.15, 0.2) is 28.7 Å². The van der Waals surface area contributed by atoms with Crippen LogP contribution in [0.1, 0.15) is 40.0 Å². The second kappa shape index (κ2) is 10.6. The Hall–Kier alpha value is -4.60. The zero-order valence-corrected chi connectivity index (χ0v) is 19.2. The van der Waals surface area contributed by atoms with Gasteiger partial charge in [-0.3, -0.25) is 9.59 Å². The summed E-state index contributed by atoms with van der Waals surface area (Å²) in [4.78, 5) is 29.1. The van der Waals surface area contributed by atoms with Gasteiger partial charge in [-0.05, 0) is 49.7 Å². The Morgan fingerprint density at radius 1 is 1.00 bits per heavy atom. The summed E-state index contributed by atoms with van der Waals surface area (Å²) in [6, 6.07) is 16.4. The summed E-state index contributed by atoms with van der Waals surface area (Å²) in [6.07, 6.45) is 2.22. The van der Waals surface area contributed by atoms with E-state index in [1.807, 2.05) is 37.3 Å². The predicted octanol–water partition coefficient (Wildman–Crippen LogP) is 4.29. The van der Waals surface area contributed by atoms with Crippen LogP contribution in [0.4, 0.5) is 10.1 Å². The first-order valence-electron chi connectivity index (χ1n) is 11.0. The average molecular weight is 474 g/mol. The summed E-state index contributed by atoms with van der Waals surface area (Å²) in [5.41, 5.74) is 1.69. The fourth-order valence-corrected chi connectivity index (χ4v) is 3.29. The van der Waals surface area contributed by atoms with Gasteiger partial charge in [-0.2, -0.15) is 0 Å². The van der Waals surface area contributed by atoms with E-state index in [4.69, 9.17) is 4.74 Å². The Balaban J connectivity index is 1.49. The van der Waals surface area contributed by atoms with Gasteiger partial charge in [0.05, 0.1) is 11.4 Å². The Kier molecular flexibility index (Phi) is 7.10. The third-order valence-corrected chi connectivity index (χ3v) is 5.04. The third-order valence-electron chi connectivity index (χ3n) is 5.04. The first-order chi connectivity index (χ1) is 17.0. The number of amides is 2. The van der Waals surface area contributed by atoms with Gasteiger partial charge >= 0.3 is 0 Å². The van der Waals surface area contributed by atoms with Crippen LogP contribution in [0.2, 0.25) is 0 Å². The molecule has 2 aromatic carbocycles. The summed E-state index contributed by atoms with van der Waals surface area (Å²) >= 11 is 0. The fourth-order valence-electron chi connectivity index (χ4n) is 3.29. The standard InChI is InChI=1S/C25H23FN6O3/c1-3-13-28-24(33)23-21(10-7-14-27-23)35-20-12-11-17(15-19(20)26)29-25(34)22-16(2)32(31-30-22)18-8-5-4-6-9-18/h4-12,14-15H,3,13H2,1-2H3,(H,28,33)(H,29,34). The van der Waals surface area contributed by atoms with Gasteiger partial charge in [0, 0.05) is 24.5 Å². The number of benzene rings is 2. The highest BCUT2D eigenvalue weighted by molar-refractivity contribution is 6.03. The normalized spacial score (nSPS) is 10.6. The molecule has 2 heterocycles. The molecule has 0 spiro atoms. The molecule has 0 atom stereocenters. The molecule has 9 nitrogen and oxygen atoms in total. The lowest BCUT2D eigenvalue weighted by atomic mass is 10.2. The lowest BCUT2D eigenvalue weighted by Gasteiger charge is -2.12. The number of pyridine rings is 1. The first kappa shape index (κ1) is 23.6. The van der Waals surface area contributed by atoms with E-state index in [0.29, 0.717) is 12.2 Å². The second-order valence-corrected chi connectivity index (χ2v) is 7.58. The zero-order valence-electron chi connectivity index (χ0n) is 19.2. The van der Waals surface area contributed by atoms with Gasteiger partial charge in [0.25, 0.3) is 11.8 Å². The lowest BCUT2D eigenvalue weighted by molar-refractivity contribution is 0.0945. The van der Waals surface area contributed by atoms with E-state index in [0.717, 1.165) is 18.2 Å². The number of halogens is 1. The van der Waals surface area contributed by atoms with Crippen LogP contribution in [0.3, 0.4) is 0 Å². The van der Waals surface area contributed by atoms with E-state index in [-0.39, 0.29) is 28.6 Å². The van der Waals surface area contributed by atoms with E-state index in [2.05, 4.69) is 25.9 Å². The molecule has 35 heavy (non-hydrogen) atoms. The number of hydrogen-bond donors (Lipinski definition) is 2. The molecule has 0 bridgehead atoms. The topological polar surface area (TPSA) is 111 Å². The summed E-state index contributed by atoms with van der Waals surface area (Å²) in [5, 5.41) is 13.3. The van der Waals surface area contributed by atoms with Gasteiger partial charge in [-0.25, -0.2) is 14.1 Å². The largest absolute Gasteiger partial charge is 0.452 e. The number of hydrogen-bond acceptors (Lipinski definition) is 6. The van der Waals surface area contributed by atoms with Crippen molar-refractivity contribution in [3.8, 4) is 17.2 Å². The molecule has 2 N–H and O–H groups in total. The van der Waals surface area contributed by atoms with Crippen molar-refractivity contribution >= 4 is 17.5 Å². The van der Waals surface area contributed by atoms with Crippen LogP contribution in [-0.2, 0) is 0 Å². The first-order valence-corrected chi connectivity index (χ1v) is 11.0. The van der Waals surface area contributed by atoms with Crippen molar-refractivity contribution in [2.24, 2.45) is 0 Å². The van der Waals surface area contributed by atoms with Crippen molar-refractivity contribution in [1.29, 1.82) is 0 Å². The number of rotatable bonds is 8. The number of nitrogens with one attached hydrogen (secondary N) is 2. The number of carbonyl (C=O) groups excluding carboxylic acids is 2. The van der Waals surface area contributed by atoms with Crippen LogP contribution >= 0.6 is 0 Å². The zero-order chi connectivity index (χ0) is 24.8. The molecular formula is C25H23FN6O3. The van der Waals surface area contributed by atoms with Gasteiger partial charge in [-0.15, -0.1) is 5.10 Å². The van der Waals surface area contributed by atoms with Crippen LogP contribution in [0.25, 0.3) is 5.69 Å². The van der Waals surface area contributed by atoms with Crippen LogP contribution in [0.5, 0.6) is 11.5 Å². The maximum atomic E-state index is 14.8. The Bertz CT molecular complexity index is 1360. The van der Waals surface area contributed by atoms with Crippen LogP contribution in [0.15, 0.2) is 66.9 Å². The van der Waals surface area contributed by atoms with Gasteiger partial charge in [0.2, 0.25) is 0 Å². The molecule has 178 valence electrons. The number of aromatic nitrogens is 4. The predicted molar refractivity (Wildman–Crippen MR) is 127 cm³/mol. The minimum absolute atomic E-state index is 0.0507. The maximum Gasteiger partial charge on any atom is 0.278 e. The highest BCUT2D eigenvalue weighted by atomic mass is 19.1. The molecule has 0 aliphatic heterocycles. The van der Waals surface area contributed by atoms with Crippen molar-refractivity contribution in [3.63, 3.8) is 0 Å². The van der Waals surface area contributed by atoms with Crippen molar-refractivity contribution < 1.29 is 18.7 Å². The van der Waals surface area contributed by atoms with Gasteiger partial charge in [0.1, 0.15) is 0 Å². The molecule has 0 fully saturated rings. The van der Waals surface area contributed by atoms with Crippen molar-refractivity contribution in [1.82, 2.24) is 25.3 Å². The summed E-state index contributed by atoms with van der Waals surface area (Å²) in [7, 11) is 0. The minimum atomic E-state index is -0.726. The molecule has 10 heteroatoms. The quantitative estimate of drug-likeness (QED) is 0.394. The summed E-state index contributed by atoms with van der Waals surface area (Å²) in [5.74, 6) is -1.67. The van der Waals surface area contributed by atoms with Crippen molar-refractivity contribution in [3.05, 3.63) is 89.8 Å². The number of carbonyl (C=O) groups is 2. The van der Waals surface area contributed by atoms with Crippen LogP contribution in [-0.4, -0.2) is 38.3 Å². The minimum Gasteiger partial charge on any atom is -0.452 e. The monoisotopic (exact) mass is 474 g/mol. The summed E-state index contributed by atoms with van der Waals surface area (Å²) in [6.45, 7) is 4.14. The second-order valence-electron chi connectivity index (χ2n) is 7.58. The number of anilines is 1. The number of nitrogens with zero attached hydrogens (tertiary/aromatic N) is 4. The molecule has 4 aromatic rings. The molecule has 2 aromatic heterocycles. The van der Waals surface area contributed by atoms with Crippen molar-refractivity contribution in [2.75, 3.05) is 11.9 Å². The van der Waals surface area contributed by atoms with E-state index >= 15 is 0 Å². The van der Waals surface area contributed by atoms with Gasteiger partial charge in [-0.1, -0.05) is 30.3 Å². The Morgan fingerprint density at radius 3 is 2.54 bits per heavy atom. The Labute approximate surface area is 201 Å². The van der Waals surface area contributed by atoms with E-state index in [9.17, 15) is 14.0 Å². The molecule has 0 saturated heterocycles. The molecule has 0 unspecified atom stereocenters. The number of ether oxygens (including phenoxy) is 1. The molecule has 0 radical (unpaired) electrons. The average Bonchev–Trinajstić information content (AvgIpc) is 3.26. The fraction of sp³-hybridized carbons (Fsp3) is 0.160. The smallest absolute Gasteiger partial charge is 0.278 e. The van der Waals surface area contributed by atoms with E-state index in [1.165, 1.54) is 24.4 Å². The number of para-hydroxylation sites is 1. The van der Waals surface area contributed by atoms with Crippen LogP contribution < -0.4 is 15.4 Å².